The number of amides is 2. The van der Waals surface area contributed by atoms with E-state index in [0.717, 1.165) is 5.56 Å². The Hall–Kier alpha value is -2.67. The number of furan rings is 1. The van der Waals surface area contributed by atoms with Crippen molar-refractivity contribution in [2.45, 2.75) is 13.0 Å². The van der Waals surface area contributed by atoms with Crippen molar-refractivity contribution in [1.29, 1.82) is 0 Å². The van der Waals surface area contributed by atoms with Crippen LogP contribution in [0.25, 0.3) is 0 Å². The number of nitrogens with zero attached hydrogens (tertiary/aromatic N) is 1. The molecule has 0 spiro atoms. The fourth-order valence-corrected chi connectivity index (χ4v) is 2.21. The molecule has 2 aromatic rings. The van der Waals surface area contributed by atoms with Crippen LogP contribution in [-0.4, -0.2) is 43.5 Å². The van der Waals surface area contributed by atoms with Crippen LogP contribution in [-0.2, 0) is 16.1 Å². The number of rotatable bonds is 9. The van der Waals surface area contributed by atoms with E-state index in [1.54, 1.807) is 30.2 Å². The Kier molecular flexibility index (Phi) is 7.16. The van der Waals surface area contributed by atoms with Crippen LogP contribution in [0, 0.1) is 5.82 Å². The summed E-state index contributed by atoms with van der Waals surface area (Å²) in [5, 5.41) is 2.75. The minimum atomic E-state index is -0.318. The summed E-state index contributed by atoms with van der Waals surface area (Å²) in [5.74, 6) is -0.717. The lowest BCUT2D eigenvalue weighted by atomic mass is 10.2. The topological polar surface area (TPSA) is 71.8 Å². The summed E-state index contributed by atoms with van der Waals surface area (Å²) >= 11 is 0. The normalized spacial score (nSPS) is 10.5. The number of nitrogens with one attached hydrogen (secondary N) is 1. The molecule has 0 aliphatic rings. The van der Waals surface area contributed by atoms with E-state index in [2.05, 4.69) is 5.32 Å². The zero-order valence-corrected chi connectivity index (χ0v) is 14.0. The van der Waals surface area contributed by atoms with Crippen molar-refractivity contribution >= 4 is 11.8 Å². The second-order valence-electron chi connectivity index (χ2n) is 5.45. The van der Waals surface area contributed by atoms with Crippen LogP contribution >= 0.6 is 0 Å². The van der Waals surface area contributed by atoms with Crippen LogP contribution in [0.15, 0.2) is 47.3 Å². The van der Waals surface area contributed by atoms with Crippen molar-refractivity contribution in [3.05, 3.63) is 59.8 Å². The van der Waals surface area contributed by atoms with Gasteiger partial charge in [0.2, 0.25) is 5.91 Å². The molecule has 2 amide bonds. The van der Waals surface area contributed by atoms with Crippen LogP contribution in [0.4, 0.5) is 4.39 Å². The summed E-state index contributed by atoms with van der Waals surface area (Å²) < 4.78 is 22.8. The molecule has 0 saturated carbocycles. The summed E-state index contributed by atoms with van der Waals surface area (Å²) in [6, 6.07) is 7.50. The molecule has 1 heterocycles. The molecule has 2 rings (SSSR count). The lowest BCUT2D eigenvalue weighted by molar-refractivity contribution is -0.121. The Morgan fingerprint density at radius 2 is 1.96 bits per heavy atom. The Bertz CT molecular complexity index is 671. The molecule has 0 radical (unpaired) electrons. The molecule has 25 heavy (non-hydrogen) atoms. The second kappa shape index (κ2) is 9.58. The molecule has 1 N–H and O–H groups in total. The fourth-order valence-electron chi connectivity index (χ4n) is 2.21. The van der Waals surface area contributed by atoms with Gasteiger partial charge in [-0.15, -0.1) is 0 Å². The van der Waals surface area contributed by atoms with E-state index >= 15 is 0 Å². The lowest BCUT2D eigenvalue weighted by Crippen LogP contribution is -2.37. The average molecular weight is 348 g/mol. The van der Waals surface area contributed by atoms with Gasteiger partial charge in [-0.05, 0) is 23.8 Å². The number of benzene rings is 1. The lowest BCUT2D eigenvalue weighted by Gasteiger charge is -2.21. The van der Waals surface area contributed by atoms with E-state index in [-0.39, 0.29) is 30.6 Å². The highest BCUT2D eigenvalue weighted by Crippen LogP contribution is 2.07. The van der Waals surface area contributed by atoms with E-state index in [0.29, 0.717) is 25.3 Å². The van der Waals surface area contributed by atoms with Gasteiger partial charge in [-0.3, -0.25) is 9.59 Å². The van der Waals surface area contributed by atoms with Gasteiger partial charge in [0.05, 0.1) is 18.4 Å². The van der Waals surface area contributed by atoms with Gasteiger partial charge in [-0.25, -0.2) is 4.39 Å². The summed E-state index contributed by atoms with van der Waals surface area (Å²) in [6.45, 7) is 1.34. The first-order valence-electron chi connectivity index (χ1n) is 7.91. The molecule has 6 nitrogen and oxygen atoms in total. The van der Waals surface area contributed by atoms with Crippen molar-refractivity contribution in [1.82, 2.24) is 10.2 Å². The number of methoxy groups -OCH3 is 1. The average Bonchev–Trinajstić information content (AvgIpc) is 3.15. The SMILES string of the molecule is COCCN(CCC(=O)NCc1ccc(F)cc1)C(=O)c1ccoc1. The van der Waals surface area contributed by atoms with Gasteiger partial charge in [-0.1, -0.05) is 12.1 Å². The molecule has 0 aliphatic heterocycles. The minimum absolute atomic E-state index is 0.161. The number of ether oxygens (including phenoxy) is 1. The smallest absolute Gasteiger partial charge is 0.257 e. The van der Waals surface area contributed by atoms with Gasteiger partial charge in [0, 0.05) is 33.2 Å². The molecule has 0 saturated heterocycles. The molecule has 1 aromatic carbocycles. The minimum Gasteiger partial charge on any atom is -0.472 e. The number of hydrogen-bond acceptors (Lipinski definition) is 4. The first-order chi connectivity index (χ1) is 12.1. The van der Waals surface area contributed by atoms with Gasteiger partial charge >= 0.3 is 0 Å². The van der Waals surface area contributed by atoms with E-state index in [9.17, 15) is 14.0 Å². The van der Waals surface area contributed by atoms with Crippen molar-refractivity contribution < 1.29 is 23.1 Å². The first-order valence-corrected chi connectivity index (χ1v) is 7.91. The maximum absolute atomic E-state index is 12.8. The van der Waals surface area contributed by atoms with Crippen LogP contribution in [0.2, 0.25) is 0 Å². The standard InChI is InChI=1S/C18H21FN2O4/c1-24-11-9-21(18(23)15-7-10-25-13-15)8-6-17(22)20-12-14-2-4-16(19)5-3-14/h2-5,7,10,13H,6,8-9,11-12H2,1H3,(H,20,22). The van der Waals surface area contributed by atoms with Crippen molar-refractivity contribution in [3.63, 3.8) is 0 Å². The molecule has 0 fully saturated rings. The molecule has 7 heteroatoms. The van der Waals surface area contributed by atoms with Crippen LogP contribution in [0.3, 0.4) is 0 Å². The van der Waals surface area contributed by atoms with E-state index in [1.807, 2.05) is 0 Å². The van der Waals surface area contributed by atoms with Crippen molar-refractivity contribution in [2.75, 3.05) is 26.8 Å². The molecule has 0 bridgehead atoms. The van der Waals surface area contributed by atoms with E-state index < -0.39 is 0 Å². The largest absolute Gasteiger partial charge is 0.472 e. The number of halogens is 1. The van der Waals surface area contributed by atoms with Crippen LogP contribution in [0.5, 0.6) is 0 Å². The fraction of sp³-hybridized carbons (Fsp3) is 0.333. The Labute approximate surface area is 145 Å². The number of carbonyl (C=O) groups is 2. The summed E-state index contributed by atoms with van der Waals surface area (Å²) in [4.78, 5) is 25.9. The maximum atomic E-state index is 12.8. The summed E-state index contributed by atoms with van der Waals surface area (Å²) in [5.41, 5.74) is 1.24. The Balaban J connectivity index is 1.83. The summed E-state index contributed by atoms with van der Waals surface area (Å²) in [6.07, 6.45) is 2.96. The molecular weight excluding hydrogens is 327 g/mol. The van der Waals surface area contributed by atoms with E-state index in [4.69, 9.17) is 9.15 Å². The Morgan fingerprint density at radius 1 is 1.20 bits per heavy atom. The number of hydrogen-bond donors (Lipinski definition) is 1. The van der Waals surface area contributed by atoms with Gasteiger partial charge in [0.15, 0.2) is 0 Å². The second-order valence-corrected chi connectivity index (χ2v) is 5.45. The predicted molar refractivity (Wildman–Crippen MR) is 89.4 cm³/mol. The zero-order valence-electron chi connectivity index (χ0n) is 14.0. The monoisotopic (exact) mass is 348 g/mol. The van der Waals surface area contributed by atoms with Crippen molar-refractivity contribution in [2.24, 2.45) is 0 Å². The first kappa shape index (κ1) is 18.7. The number of carbonyl (C=O) groups excluding carboxylic acids is 2. The van der Waals surface area contributed by atoms with E-state index in [1.165, 1.54) is 24.7 Å². The third-order valence-corrected chi connectivity index (χ3v) is 3.63. The highest BCUT2D eigenvalue weighted by molar-refractivity contribution is 5.94. The molecular formula is C18H21FN2O4. The van der Waals surface area contributed by atoms with Crippen molar-refractivity contribution in [3.8, 4) is 0 Å². The molecule has 0 unspecified atom stereocenters. The molecule has 0 aliphatic carbocycles. The quantitative estimate of drug-likeness (QED) is 0.754. The Morgan fingerprint density at radius 3 is 2.60 bits per heavy atom. The van der Waals surface area contributed by atoms with Crippen LogP contribution < -0.4 is 5.32 Å². The molecule has 134 valence electrons. The third-order valence-electron chi connectivity index (χ3n) is 3.63. The predicted octanol–water partition coefficient (Wildman–Crippen LogP) is 2.21. The maximum Gasteiger partial charge on any atom is 0.257 e. The zero-order chi connectivity index (χ0) is 18.1. The molecule has 0 atom stereocenters. The van der Waals surface area contributed by atoms with Gasteiger partial charge in [0.25, 0.3) is 5.91 Å². The van der Waals surface area contributed by atoms with Crippen LogP contribution in [0.1, 0.15) is 22.3 Å². The van der Waals surface area contributed by atoms with Gasteiger partial charge in [0.1, 0.15) is 12.1 Å². The third kappa shape index (κ3) is 6.04. The van der Waals surface area contributed by atoms with Gasteiger partial charge in [-0.2, -0.15) is 0 Å². The highest BCUT2D eigenvalue weighted by Gasteiger charge is 2.17. The molecule has 1 aromatic heterocycles. The summed E-state index contributed by atoms with van der Waals surface area (Å²) in [7, 11) is 1.55. The highest BCUT2D eigenvalue weighted by atomic mass is 19.1. The van der Waals surface area contributed by atoms with Gasteiger partial charge < -0.3 is 19.4 Å².